The Kier molecular flexibility index (Phi) is 5.18. The van der Waals surface area contributed by atoms with Crippen molar-refractivity contribution in [3.8, 4) is 0 Å². The minimum atomic E-state index is -0.992. The molecule has 9 heteroatoms. The molecule has 138 valence electrons. The van der Waals surface area contributed by atoms with Crippen LogP contribution in [-0.4, -0.2) is 15.5 Å². The third kappa shape index (κ3) is 3.95. The largest absolute Gasteiger partial charge is 0.328 e. The van der Waals surface area contributed by atoms with Crippen molar-refractivity contribution >= 4 is 23.2 Å². The molecular formula is C18H12ClF2N3O3. The molecule has 2 N–H and O–H groups in total. The van der Waals surface area contributed by atoms with Crippen molar-refractivity contribution in [3.63, 3.8) is 0 Å². The topological polar surface area (TPSA) is 84.0 Å². The Morgan fingerprint density at radius 3 is 2.63 bits per heavy atom. The molecular weight excluding hydrogens is 380 g/mol. The van der Waals surface area contributed by atoms with Gasteiger partial charge in [-0.05, 0) is 23.8 Å². The van der Waals surface area contributed by atoms with Gasteiger partial charge in [-0.3, -0.25) is 14.2 Å². The van der Waals surface area contributed by atoms with Crippen molar-refractivity contribution < 1.29 is 13.6 Å². The van der Waals surface area contributed by atoms with E-state index in [0.29, 0.717) is 10.6 Å². The fourth-order valence-corrected chi connectivity index (χ4v) is 2.59. The number of carbonyl (C=O) groups excluding carboxylic acids is 1. The lowest BCUT2D eigenvalue weighted by atomic mass is 10.2. The van der Waals surface area contributed by atoms with E-state index in [1.807, 2.05) is 0 Å². The summed E-state index contributed by atoms with van der Waals surface area (Å²) in [7, 11) is 0. The Hall–Kier alpha value is -3.26. The van der Waals surface area contributed by atoms with Crippen molar-refractivity contribution in [2.45, 2.75) is 6.54 Å². The molecule has 1 heterocycles. The van der Waals surface area contributed by atoms with E-state index in [9.17, 15) is 23.2 Å². The van der Waals surface area contributed by atoms with Gasteiger partial charge in [0.1, 0.15) is 17.2 Å². The van der Waals surface area contributed by atoms with Gasteiger partial charge in [0.15, 0.2) is 0 Å². The van der Waals surface area contributed by atoms with E-state index in [2.05, 4.69) is 10.3 Å². The van der Waals surface area contributed by atoms with Crippen molar-refractivity contribution in [1.29, 1.82) is 0 Å². The van der Waals surface area contributed by atoms with Gasteiger partial charge in [-0.15, -0.1) is 0 Å². The van der Waals surface area contributed by atoms with Crippen LogP contribution in [0.4, 0.5) is 14.5 Å². The minimum Gasteiger partial charge on any atom is -0.319 e. The SMILES string of the molecule is O=C(Nc1cc(F)ccc1F)c1c[nH]c(=O)n(Cc2ccccc2Cl)c1=O. The Morgan fingerprint density at radius 1 is 1.15 bits per heavy atom. The molecule has 3 rings (SSSR count). The van der Waals surface area contributed by atoms with E-state index >= 15 is 0 Å². The smallest absolute Gasteiger partial charge is 0.319 e. The zero-order chi connectivity index (χ0) is 19.6. The summed E-state index contributed by atoms with van der Waals surface area (Å²) in [6, 6.07) is 9.11. The summed E-state index contributed by atoms with van der Waals surface area (Å²) >= 11 is 6.04. The Labute approximate surface area is 156 Å². The second kappa shape index (κ2) is 7.55. The van der Waals surface area contributed by atoms with Crippen molar-refractivity contribution in [3.05, 3.63) is 97.3 Å². The van der Waals surface area contributed by atoms with Crippen LogP contribution in [0, 0.1) is 11.6 Å². The average molecular weight is 392 g/mol. The van der Waals surface area contributed by atoms with Gasteiger partial charge >= 0.3 is 5.69 Å². The second-order valence-corrected chi connectivity index (χ2v) is 5.98. The number of amides is 1. The van der Waals surface area contributed by atoms with Crippen LogP contribution in [0.2, 0.25) is 5.02 Å². The molecule has 27 heavy (non-hydrogen) atoms. The monoisotopic (exact) mass is 391 g/mol. The first kappa shape index (κ1) is 18.5. The molecule has 0 aliphatic rings. The number of rotatable bonds is 4. The van der Waals surface area contributed by atoms with Crippen molar-refractivity contribution in [1.82, 2.24) is 9.55 Å². The van der Waals surface area contributed by atoms with E-state index < -0.39 is 40.0 Å². The number of aromatic nitrogens is 2. The number of hydrogen-bond donors (Lipinski definition) is 2. The summed E-state index contributed by atoms with van der Waals surface area (Å²) in [5.41, 5.74) is -2.00. The Bertz CT molecular complexity index is 1140. The van der Waals surface area contributed by atoms with Crippen LogP contribution in [0.25, 0.3) is 0 Å². The summed E-state index contributed by atoms with van der Waals surface area (Å²) < 4.78 is 27.7. The lowest BCUT2D eigenvalue weighted by Crippen LogP contribution is -2.39. The highest BCUT2D eigenvalue weighted by Gasteiger charge is 2.17. The highest BCUT2D eigenvalue weighted by atomic mass is 35.5. The Morgan fingerprint density at radius 2 is 1.89 bits per heavy atom. The van der Waals surface area contributed by atoms with Crippen LogP contribution in [0.3, 0.4) is 0 Å². The number of aromatic amines is 1. The lowest BCUT2D eigenvalue weighted by molar-refractivity contribution is 0.102. The fraction of sp³-hybridized carbons (Fsp3) is 0.0556. The molecule has 0 spiro atoms. The van der Waals surface area contributed by atoms with Gasteiger partial charge in [0, 0.05) is 17.3 Å². The van der Waals surface area contributed by atoms with Gasteiger partial charge in [0.05, 0.1) is 12.2 Å². The van der Waals surface area contributed by atoms with Gasteiger partial charge < -0.3 is 10.3 Å². The number of benzene rings is 2. The van der Waals surface area contributed by atoms with Crippen LogP contribution in [0.15, 0.2) is 58.3 Å². The molecule has 0 atom stereocenters. The number of halogens is 3. The molecule has 0 saturated heterocycles. The third-order valence-electron chi connectivity index (χ3n) is 3.77. The maximum Gasteiger partial charge on any atom is 0.328 e. The molecule has 0 bridgehead atoms. The summed E-state index contributed by atoms with van der Waals surface area (Å²) in [6.07, 6.45) is 0.917. The second-order valence-electron chi connectivity index (χ2n) is 5.57. The van der Waals surface area contributed by atoms with Crippen LogP contribution in [0.1, 0.15) is 15.9 Å². The highest BCUT2D eigenvalue weighted by Crippen LogP contribution is 2.16. The predicted molar refractivity (Wildman–Crippen MR) is 96.2 cm³/mol. The minimum absolute atomic E-state index is 0.163. The molecule has 0 aliphatic carbocycles. The molecule has 0 aliphatic heterocycles. The summed E-state index contributed by atoms with van der Waals surface area (Å²) in [6.45, 7) is -0.163. The first-order valence-electron chi connectivity index (χ1n) is 7.69. The predicted octanol–water partition coefficient (Wildman–Crippen LogP) is 2.77. The summed E-state index contributed by atoms with van der Waals surface area (Å²) in [5, 5.41) is 2.46. The van der Waals surface area contributed by atoms with Crippen LogP contribution >= 0.6 is 11.6 Å². The average Bonchev–Trinajstić information content (AvgIpc) is 2.63. The van der Waals surface area contributed by atoms with E-state index in [1.165, 1.54) is 0 Å². The van der Waals surface area contributed by atoms with Gasteiger partial charge in [-0.25, -0.2) is 13.6 Å². The number of H-pyrrole nitrogens is 1. The van der Waals surface area contributed by atoms with Gasteiger partial charge in [0.2, 0.25) is 0 Å². The van der Waals surface area contributed by atoms with Crippen LogP contribution < -0.4 is 16.6 Å². The van der Waals surface area contributed by atoms with E-state index in [-0.39, 0.29) is 6.54 Å². The number of nitrogens with one attached hydrogen (secondary N) is 2. The number of nitrogens with zero attached hydrogens (tertiary/aromatic N) is 1. The fourth-order valence-electron chi connectivity index (χ4n) is 2.40. The summed E-state index contributed by atoms with van der Waals surface area (Å²) in [4.78, 5) is 39.2. The highest BCUT2D eigenvalue weighted by molar-refractivity contribution is 6.31. The van der Waals surface area contributed by atoms with Gasteiger partial charge in [-0.1, -0.05) is 29.8 Å². The molecule has 0 unspecified atom stereocenters. The van der Waals surface area contributed by atoms with E-state index in [0.717, 1.165) is 29.0 Å². The van der Waals surface area contributed by atoms with Crippen LogP contribution in [0.5, 0.6) is 0 Å². The standard InChI is InChI=1S/C18H12ClF2N3O3/c19-13-4-2-1-3-10(13)9-24-17(26)12(8-22-18(24)27)16(25)23-15-7-11(20)5-6-14(15)21/h1-8H,9H2,(H,22,27)(H,23,25). The zero-order valence-electron chi connectivity index (χ0n) is 13.6. The molecule has 0 radical (unpaired) electrons. The normalized spacial score (nSPS) is 10.6. The molecule has 0 fully saturated rings. The summed E-state index contributed by atoms with van der Waals surface area (Å²) in [5.74, 6) is -2.62. The molecule has 2 aromatic carbocycles. The zero-order valence-corrected chi connectivity index (χ0v) is 14.4. The van der Waals surface area contributed by atoms with Crippen LogP contribution in [-0.2, 0) is 6.54 Å². The van der Waals surface area contributed by atoms with Gasteiger partial charge in [-0.2, -0.15) is 0 Å². The molecule has 0 saturated carbocycles. The quantitative estimate of drug-likeness (QED) is 0.717. The molecule has 1 aromatic heterocycles. The Balaban J connectivity index is 1.96. The maximum absolute atomic E-state index is 13.7. The number of carbonyl (C=O) groups is 1. The van der Waals surface area contributed by atoms with E-state index in [1.54, 1.807) is 24.3 Å². The van der Waals surface area contributed by atoms with Crippen molar-refractivity contribution in [2.75, 3.05) is 5.32 Å². The van der Waals surface area contributed by atoms with E-state index in [4.69, 9.17) is 11.6 Å². The first-order valence-corrected chi connectivity index (χ1v) is 8.07. The molecule has 6 nitrogen and oxygen atoms in total. The number of hydrogen-bond acceptors (Lipinski definition) is 3. The number of anilines is 1. The first-order chi connectivity index (χ1) is 12.9. The van der Waals surface area contributed by atoms with Gasteiger partial charge in [0.25, 0.3) is 11.5 Å². The maximum atomic E-state index is 13.7. The molecule has 3 aromatic rings. The lowest BCUT2D eigenvalue weighted by Gasteiger charge is -2.09. The van der Waals surface area contributed by atoms with Crippen molar-refractivity contribution in [2.24, 2.45) is 0 Å². The molecule has 1 amide bonds. The third-order valence-corrected chi connectivity index (χ3v) is 4.14.